The molecule has 2 nitrogen and oxygen atoms in total. The minimum Gasteiger partial charge on any atom is -0.393 e. The number of carbonyl (C=O) groups excluding carboxylic acids is 1. The monoisotopic (exact) mass is 298 g/mol. The van der Waals surface area contributed by atoms with Crippen LogP contribution in [0.2, 0.25) is 0 Å². The Labute approximate surface area is 133 Å². The molecule has 4 rings (SSSR count). The van der Waals surface area contributed by atoms with E-state index in [9.17, 15) is 9.90 Å². The zero-order chi connectivity index (χ0) is 15.5. The maximum atomic E-state index is 11.8. The molecule has 2 heteroatoms. The molecule has 0 aliphatic heterocycles. The summed E-state index contributed by atoms with van der Waals surface area (Å²) in [4.78, 5) is 11.8. The quantitative estimate of drug-likeness (QED) is 0.696. The summed E-state index contributed by atoms with van der Waals surface area (Å²) in [5.74, 6) is 5.95. The van der Waals surface area contributed by atoms with Crippen molar-refractivity contribution < 1.29 is 9.90 Å². The molecular formula is C20H26O2. The van der Waals surface area contributed by atoms with E-state index in [4.69, 9.17) is 6.42 Å². The van der Waals surface area contributed by atoms with Crippen LogP contribution in [0.25, 0.3) is 0 Å². The second-order valence-corrected chi connectivity index (χ2v) is 8.29. The van der Waals surface area contributed by atoms with Crippen molar-refractivity contribution in [2.24, 2.45) is 35.0 Å². The number of ketones is 1. The number of aliphatic hydroxyl groups excluding tert-OH is 1. The largest absolute Gasteiger partial charge is 0.393 e. The smallest absolute Gasteiger partial charge is 0.155 e. The second-order valence-electron chi connectivity index (χ2n) is 8.29. The molecule has 0 aromatic carbocycles. The normalized spacial score (nSPS) is 50.4. The van der Waals surface area contributed by atoms with Crippen molar-refractivity contribution >= 4 is 5.78 Å². The fourth-order valence-corrected chi connectivity index (χ4v) is 6.37. The lowest BCUT2D eigenvalue weighted by Gasteiger charge is -2.55. The number of rotatable bonds is 0. The van der Waals surface area contributed by atoms with Crippen LogP contribution in [0.1, 0.15) is 51.9 Å². The molecule has 0 heterocycles. The van der Waals surface area contributed by atoms with Gasteiger partial charge in [0.05, 0.1) is 6.10 Å². The highest BCUT2D eigenvalue weighted by Crippen LogP contribution is 2.62. The topological polar surface area (TPSA) is 37.3 Å². The standard InChI is InChI=1S/C20H26O2/c1-3-12-10-13-11-14(21)4-5-15(13)16-8-9-20(2)17(19(12)16)6-7-18(20)22/h1,11-12,15-19,22H,4-10H2,2H3/t12-,15+,16-,17+,18+,19-,20+/m1/s1. The summed E-state index contributed by atoms with van der Waals surface area (Å²) in [6.45, 7) is 2.29. The van der Waals surface area contributed by atoms with Crippen molar-refractivity contribution in [1.82, 2.24) is 0 Å². The van der Waals surface area contributed by atoms with E-state index >= 15 is 0 Å². The van der Waals surface area contributed by atoms with E-state index in [0.717, 1.165) is 32.1 Å². The lowest BCUT2D eigenvalue weighted by atomic mass is 9.49. The molecule has 0 spiro atoms. The van der Waals surface area contributed by atoms with Gasteiger partial charge in [-0.1, -0.05) is 12.5 Å². The van der Waals surface area contributed by atoms with Crippen LogP contribution in [-0.2, 0) is 4.79 Å². The summed E-state index contributed by atoms with van der Waals surface area (Å²) < 4.78 is 0. The van der Waals surface area contributed by atoms with E-state index in [1.54, 1.807) is 0 Å². The molecule has 0 radical (unpaired) electrons. The fourth-order valence-electron chi connectivity index (χ4n) is 6.37. The summed E-state index contributed by atoms with van der Waals surface area (Å²) in [5.41, 5.74) is 1.41. The van der Waals surface area contributed by atoms with Crippen LogP contribution in [0.15, 0.2) is 11.6 Å². The minimum absolute atomic E-state index is 0.0714. The van der Waals surface area contributed by atoms with Crippen LogP contribution in [0.3, 0.4) is 0 Å². The molecule has 0 unspecified atom stereocenters. The van der Waals surface area contributed by atoms with Crippen molar-refractivity contribution in [2.75, 3.05) is 0 Å². The molecule has 3 fully saturated rings. The Hall–Kier alpha value is -1.07. The third kappa shape index (κ3) is 1.88. The third-order valence-corrected chi connectivity index (χ3v) is 7.51. The van der Waals surface area contributed by atoms with Crippen LogP contribution >= 0.6 is 0 Å². The average molecular weight is 298 g/mol. The SMILES string of the molecule is C#C[C@@H]1CC2=CC(=O)CC[C@@H]2[C@H]2CC[C@]3(C)[C@@H](O)CC[C@H]3[C@@H]21. The van der Waals surface area contributed by atoms with E-state index in [2.05, 4.69) is 12.8 Å². The first-order valence-corrected chi connectivity index (χ1v) is 8.92. The van der Waals surface area contributed by atoms with Crippen LogP contribution in [0.4, 0.5) is 0 Å². The van der Waals surface area contributed by atoms with Crippen LogP contribution in [0, 0.1) is 47.3 Å². The van der Waals surface area contributed by atoms with Crippen molar-refractivity contribution in [3.05, 3.63) is 11.6 Å². The fraction of sp³-hybridized carbons (Fsp3) is 0.750. The number of aliphatic hydroxyl groups is 1. The molecule has 4 aliphatic carbocycles. The van der Waals surface area contributed by atoms with Crippen molar-refractivity contribution in [1.29, 1.82) is 0 Å². The molecule has 1 N–H and O–H groups in total. The van der Waals surface area contributed by atoms with Crippen LogP contribution < -0.4 is 0 Å². The maximum Gasteiger partial charge on any atom is 0.155 e. The first kappa shape index (κ1) is 14.5. The molecule has 7 atom stereocenters. The van der Waals surface area contributed by atoms with E-state index in [1.165, 1.54) is 12.0 Å². The van der Waals surface area contributed by atoms with Gasteiger partial charge < -0.3 is 5.11 Å². The molecule has 0 aromatic rings. The summed E-state index contributed by atoms with van der Waals surface area (Å²) in [7, 11) is 0. The Bertz CT molecular complexity index is 569. The predicted octanol–water partition coefficient (Wildman–Crippen LogP) is 3.35. The molecule has 118 valence electrons. The summed E-state index contributed by atoms with van der Waals surface area (Å²) in [6, 6.07) is 0. The maximum absolute atomic E-state index is 11.8. The van der Waals surface area contributed by atoms with Crippen molar-refractivity contribution in [3.8, 4) is 12.3 Å². The van der Waals surface area contributed by atoms with E-state index in [1.807, 2.05) is 6.08 Å². The lowest BCUT2D eigenvalue weighted by Crippen LogP contribution is -2.50. The number of fused-ring (bicyclic) bond motifs is 5. The number of carbonyl (C=O) groups is 1. The molecule has 0 amide bonds. The number of allylic oxidation sites excluding steroid dienone is 1. The highest BCUT2D eigenvalue weighted by Gasteiger charge is 2.58. The van der Waals surface area contributed by atoms with Gasteiger partial charge in [-0.15, -0.1) is 12.3 Å². The molecule has 0 saturated heterocycles. The van der Waals surface area contributed by atoms with Crippen LogP contribution in [0.5, 0.6) is 0 Å². The van der Waals surface area contributed by atoms with Gasteiger partial charge in [-0.05, 0) is 73.7 Å². The van der Waals surface area contributed by atoms with Crippen LogP contribution in [-0.4, -0.2) is 17.0 Å². The summed E-state index contributed by atoms with van der Waals surface area (Å²) in [6.07, 6.45) is 14.7. The average Bonchev–Trinajstić information content (AvgIpc) is 2.81. The minimum atomic E-state index is -0.151. The van der Waals surface area contributed by atoms with Gasteiger partial charge in [-0.25, -0.2) is 0 Å². The molecule has 4 aliphatic rings. The zero-order valence-electron chi connectivity index (χ0n) is 13.4. The molecule has 0 bridgehead atoms. The molecule has 3 saturated carbocycles. The first-order valence-electron chi connectivity index (χ1n) is 8.92. The summed E-state index contributed by atoms with van der Waals surface area (Å²) >= 11 is 0. The Balaban J connectivity index is 1.72. The Morgan fingerprint density at radius 1 is 1.32 bits per heavy atom. The lowest BCUT2D eigenvalue weighted by molar-refractivity contribution is -0.116. The predicted molar refractivity (Wildman–Crippen MR) is 85.8 cm³/mol. The Kier molecular flexibility index (Phi) is 3.28. The second kappa shape index (κ2) is 4.96. The van der Waals surface area contributed by atoms with Gasteiger partial charge in [0.2, 0.25) is 0 Å². The van der Waals surface area contributed by atoms with Gasteiger partial charge >= 0.3 is 0 Å². The molecule has 0 aromatic heterocycles. The van der Waals surface area contributed by atoms with Gasteiger partial charge in [0.15, 0.2) is 5.78 Å². The summed E-state index contributed by atoms with van der Waals surface area (Å²) in [5, 5.41) is 10.5. The molecule has 22 heavy (non-hydrogen) atoms. The first-order chi connectivity index (χ1) is 10.5. The van der Waals surface area contributed by atoms with Gasteiger partial charge in [-0.2, -0.15) is 0 Å². The van der Waals surface area contributed by atoms with E-state index in [0.29, 0.717) is 30.1 Å². The van der Waals surface area contributed by atoms with Gasteiger partial charge in [0.1, 0.15) is 0 Å². The Morgan fingerprint density at radius 2 is 2.14 bits per heavy atom. The van der Waals surface area contributed by atoms with Crippen molar-refractivity contribution in [3.63, 3.8) is 0 Å². The zero-order valence-corrected chi connectivity index (χ0v) is 13.4. The van der Waals surface area contributed by atoms with Gasteiger partial charge in [0.25, 0.3) is 0 Å². The van der Waals surface area contributed by atoms with E-state index in [-0.39, 0.29) is 23.2 Å². The van der Waals surface area contributed by atoms with Crippen molar-refractivity contribution in [2.45, 2.75) is 58.0 Å². The van der Waals surface area contributed by atoms with Gasteiger partial charge in [-0.3, -0.25) is 4.79 Å². The van der Waals surface area contributed by atoms with Gasteiger partial charge in [0, 0.05) is 12.3 Å². The number of terminal acetylenes is 1. The highest BCUT2D eigenvalue weighted by molar-refractivity contribution is 5.91. The third-order valence-electron chi connectivity index (χ3n) is 7.51. The molecular weight excluding hydrogens is 272 g/mol. The number of hydrogen-bond acceptors (Lipinski definition) is 2. The Morgan fingerprint density at radius 3 is 2.91 bits per heavy atom. The number of hydrogen-bond donors (Lipinski definition) is 1. The highest BCUT2D eigenvalue weighted by atomic mass is 16.3. The van der Waals surface area contributed by atoms with E-state index < -0.39 is 0 Å².